The lowest BCUT2D eigenvalue weighted by Crippen LogP contribution is -2.10. The average molecular weight is 196 g/mol. The zero-order chi connectivity index (χ0) is 10.2. The molecule has 2 aromatic rings. The first-order valence-corrected chi connectivity index (χ1v) is 4.45. The molecule has 0 aliphatic rings. The van der Waals surface area contributed by atoms with Crippen LogP contribution in [0.15, 0.2) is 24.5 Å². The van der Waals surface area contributed by atoms with E-state index in [1.54, 1.807) is 6.07 Å². The second-order valence-corrected chi connectivity index (χ2v) is 3.19. The molecule has 1 aromatic heterocycles. The summed E-state index contributed by atoms with van der Waals surface area (Å²) in [5, 5.41) is 0. The van der Waals surface area contributed by atoms with Crippen LogP contribution in [0.2, 0.25) is 0 Å². The Balaban J connectivity index is 2.53. The molecule has 0 aliphatic carbocycles. The number of aromatic amines is 1. The smallest absolute Gasteiger partial charge is 0.273 e. The summed E-state index contributed by atoms with van der Waals surface area (Å²) in [5.74, 6) is -2.75. The van der Waals surface area contributed by atoms with Crippen LogP contribution in [-0.4, -0.2) is 9.97 Å². The van der Waals surface area contributed by atoms with Crippen LogP contribution in [0.4, 0.5) is 8.78 Å². The highest BCUT2D eigenvalue weighted by molar-refractivity contribution is 5.75. The van der Waals surface area contributed by atoms with Gasteiger partial charge in [-0.3, -0.25) is 0 Å². The van der Waals surface area contributed by atoms with E-state index in [0.717, 1.165) is 0 Å². The van der Waals surface area contributed by atoms with Gasteiger partial charge in [0.1, 0.15) is 0 Å². The number of nitrogens with zero attached hydrogens (tertiary/aromatic N) is 1. The molecule has 74 valence electrons. The van der Waals surface area contributed by atoms with Gasteiger partial charge in [0, 0.05) is 12.0 Å². The van der Waals surface area contributed by atoms with Gasteiger partial charge in [-0.1, -0.05) is 13.0 Å². The average Bonchev–Trinajstić information content (AvgIpc) is 2.64. The van der Waals surface area contributed by atoms with Gasteiger partial charge in [-0.05, 0) is 12.1 Å². The number of rotatable bonds is 2. The maximum atomic E-state index is 13.3. The fourth-order valence-corrected chi connectivity index (χ4v) is 1.37. The van der Waals surface area contributed by atoms with Crippen LogP contribution in [0, 0.1) is 0 Å². The highest BCUT2D eigenvalue weighted by Crippen LogP contribution is 2.32. The van der Waals surface area contributed by atoms with Crippen LogP contribution in [0.5, 0.6) is 0 Å². The van der Waals surface area contributed by atoms with Crippen LogP contribution in [0.25, 0.3) is 11.0 Å². The lowest BCUT2D eigenvalue weighted by molar-refractivity contribution is -0.00816. The predicted octanol–water partition coefficient (Wildman–Crippen LogP) is 3.06. The Morgan fingerprint density at radius 2 is 2.21 bits per heavy atom. The maximum Gasteiger partial charge on any atom is 0.273 e. The number of hydrogen-bond donors (Lipinski definition) is 1. The van der Waals surface area contributed by atoms with E-state index in [1.165, 1.54) is 25.4 Å². The third-order valence-corrected chi connectivity index (χ3v) is 2.29. The Morgan fingerprint density at radius 1 is 1.43 bits per heavy atom. The molecule has 0 aliphatic heterocycles. The predicted molar refractivity (Wildman–Crippen MR) is 50.3 cm³/mol. The highest BCUT2D eigenvalue weighted by Gasteiger charge is 2.28. The Hall–Kier alpha value is -1.45. The van der Waals surface area contributed by atoms with E-state index in [0.29, 0.717) is 11.0 Å². The number of fused-ring (bicyclic) bond motifs is 1. The molecule has 0 fully saturated rings. The minimum Gasteiger partial charge on any atom is -0.345 e. The number of nitrogens with one attached hydrogen (secondary N) is 1. The van der Waals surface area contributed by atoms with E-state index in [-0.39, 0.29) is 12.0 Å². The molecule has 0 atom stereocenters. The first-order chi connectivity index (χ1) is 6.63. The van der Waals surface area contributed by atoms with Crippen LogP contribution in [0.3, 0.4) is 0 Å². The number of H-pyrrole nitrogens is 1. The molecule has 1 heterocycles. The van der Waals surface area contributed by atoms with Gasteiger partial charge in [0.25, 0.3) is 5.92 Å². The van der Waals surface area contributed by atoms with E-state index in [9.17, 15) is 8.78 Å². The summed E-state index contributed by atoms with van der Waals surface area (Å²) >= 11 is 0. The molecule has 2 nitrogen and oxygen atoms in total. The SMILES string of the molecule is CCC(F)(F)c1ccc2nc[nH]c2c1. The third-order valence-electron chi connectivity index (χ3n) is 2.29. The van der Waals surface area contributed by atoms with E-state index in [4.69, 9.17) is 0 Å². The molecule has 0 saturated carbocycles. The summed E-state index contributed by atoms with van der Waals surface area (Å²) in [5.41, 5.74) is 1.40. The van der Waals surface area contributed by atoms with Crippen LogP contribution in [0.1, 0.15) is 18.9 Å². The van der Waals surface area contributed by atoms with Crippen molar-refractivity contribution in [3.8, 4) is 0 Å². The van der Waals surface area contributed by atoms with E-state index in [1.807, 2.05) is 0 Å². The minimum absolute atomic E-state index is 0.0387. The molecule has 1 N–H and O–H groups in total. The van der Waals surface area contributed by atoms with E-state index < -0.39 is 5.92 Å². The molecular formula is C10H10F2N2. The molecule has 0 bridgehead atoms. The number of aromatic nitrogens is 2. The van der Waals surface area contributed by atoms with Crippen molar-refractivity contribution in [1.82, 2.24) is 9.97 Å². The molecule has 0 amide bonds. The zero-order valence-electron chi connectivity index (χ0n) is 7.72. The van der Waals surface area contributed by atoms with Crippen LogP contribution >= 0.6 is 0 Å². The summed E-state index contributed by atoms with van der Waals surface area (Å²) in [6.07, 6.45) is 1.31. The molecule has 0 spiro atoms. The van der Waals surface area contributed by atoms with Gasteiger partial charge in [0.2, 0.25) is 0 Å². The van der Waals surface area contributed by atoms with Crippen molar-refractivity contribution in [3.05, 3.63) is 30.1 Å². The first kappa shape index (κ1) is 9.12. The summed E-state index contributed by atoms with van der Waals surface area (Å²) in [7, 11) is 0. The molecule has 0 saturated heterocycles. The van der Waals surface area contributed by atoms with Crippen molar-refractivity contribution < 1.29 is 8.78 Å². The van der Waals surface area contributed by atoms with Gasteiger partial charge in [-0.25, -0.2) is 13.8 Å². The fourth-order valence-electron chi connectivity index (χ4n) is 1.37. The molecular weight excluding hydrogens is 186 g/mol. The second kappa shape index (κ2) is 3.04. The first-order valence-electron chi connectivity index (χ1n) is 4.45. The largest absolute Gasteiger partial charge is 0.345 e. The molecule has 0 unspecified atom stereocenters. The number of hydrogen-bond acceptors (Lipinski definition) is 1. The normalized spacial score (nSPS) is 12.2. The zero-order valence-corrected chi connectivity index (χ0v) is 7.72. The van der Waals surface area contributed by atoms with Gasteiger partial charge >= 0.3 is 0 Å². The van der Waals surface area contributed by atoms with Gasteiger partial charge in [0.05, 0.1) is 17.4 Å². The van der Waals surface area contributed by atoms with Gasteiger partial charge in [-0.2, -0.15) is 0 Å². The lowest BCUT2D eigenvalue weighted by atomic mass is 10.1. The fraction of sp³-hybridized carbons (Fsp3) is 0.300. The summed E-state index contributed by atoms with van der Waals surface area (Å²) in [6.45, 7) is 1.47. The van der Waals surface area contributed by atoms with Gasteiger partial charge in [0.15, 0.2) is 0 Å². The third kappa shape index (κ3) is 1.36. The second-order valence-electron chi connectivity index (χ2n) is 3.19. The standard InChI is InChI=1S/C10H10F2N2/c1-2-10(11,12)7-3-4-8-9(5-7)14-6-13-8/h3-6H,2H2,1H3,(H,13,14). The Bertz CT molecular complexity index is 448. The number of benzene rings is 1. The minimum atomic E-state index is -2.75. The van der Waals surface area contributed by atoms with E-state index >= 15 is 0 Å². The van der Waals surface area contributed by atoms with Gasteiger partial charge < -0.3 is 4.98 Å². The topological polar surface area (TPSA) is 28.7 Å². The van der Waals surface area contributed by atoms with Crippen LogP contribution < -0.4 is 0 Å². The van der Waals surface area contributed by atoms with E-state index in [2.05, 4.69) is 9.97 Å². The van der Waals surface area contributed by atoms with Gasteiger partial charge in [-0.15, -0.1) is 0 Å². The van der Waals surface area contributed by atoms with Crippen molar-refractivity contribution in [3.63, 3.8) is 0 Å². The van der Waals surface area contributed by atoms with Crippen molar-refractivity contribution in [2.24, 2.45) is 0 Å². The number of alkyl halides is 2. The molecule has 0 radical (unpaired) electrons. The number of halogens is 2. The Labute approximate surface area is 80.0 Å². The van der Waals surface area contributed by atoms with Crippen molar-refractivity contribution in [1.29, 1.82) is 0 Å². The molecule has 1 aromatic carbocycles. The summed E-state index contributed by atoms with van der Waals surface area (Å²) in [6, 6.07) is 4.48. The lowest BCUT2D eigenvalue weighted by Gasteiger charge is -2.13. The highest BCUT2D eigenvalue weighted by atomic mass is 19.3. The summed E-state index contributed by atoms with van der Waals surface area (Å²) < 4.78 is 26.6. The maximum absolute atomic E-state index is 13.3. The number of imidazole rings is 1. The van der Waals surface area contributed by atoms with Crippen molar-refractivity contribution in [2.75, 3.05) is 0 Å². The van der Waals surface area contributed by atoms with Crippen LogP contribution in [-0.2, 0) is 5.92 Å². The molecule has 4 heteroatoms. The quantitative estimate of drug-likeness (QED) is 0.785. The monoisotopic (exact) mass is 196 g/mol. The van der Waals surface area contributed by atoms with Crippen molar-refractivity contribution in [2.45, 2.75) is 19.3 Å². The summed E-state index contributed by atoms with van der Waals surface area (Å²) in [4.78, 5) is 6.78. The Kier molecular flexibility index (Phi) is 1.98. The molecule has 2 rings (SSSR count). The molecule has 14 heavy (non-hydrogen) atoms. The van der Waals surface area contributed by atoms with Crippen molar-refractivity contribution >= 4 is 11.0 Å². The Morgan fingerprint density at radius 3 is 2.93 bits per heavy atom.